The van der Waals surface area contributed by atoms with Gasteiger partial charge in [0.05, 0.1) is 7.06 Å². The quantitative estimate of drug-likeness (QED) is 0.224. The van der Waals surface area contributed by atoms with Crippen molar-refractivity contribution in [3.05, 3.63) is 77.5 Å². The molecular weight excluding hydrogens is 454 g/mol. The van der Waals surface area contributed by atoms with Crippen molar-refractivity contribution in [2.24, 2.45) is 10.8 Å². The largest absolute Gasteiger partial charge is 0.256 e. The summed E-state index contributed by atoms with van der Waals surface area (Å²) in [5, 5.41) is 7.48. The van der Waals surface area contributed by atoms with Crippen LogP contribution in [0.15, 0.2) is 70.6 Å². The molecule has 2 heteroatoms. The van der Waals surface area contributed by atoms with Crippen molar-refractivity contribution in [1.82, 2.24) is 4.98 Å². The van der Waals surface area contributed by atoms with E-state index in [1.54, 1.807) is 0 Å². The van der Waals surface area contributed by atoms with Crippen molar-refractivity contribution < 1.29 is 1.37 Å². The molecule has 6 rings (SSSR count). The van der Waals surface area contributed by atoms with Gasteiger partial charge in [-0.05, 0) is 86.9 Å². The first-order chi connectivity index (χ1) is 17.4. The van der Waals surface area contributed by atoms with Crippen molar-refractivity contribution in [3.8, 4) is 11.3 Å². The molecular formula is C34H35NS. The minimum Gasteiger partial charge on any atom is -0.256 e. The maximum atomic E-state index is 8.71. The van der Waals surface area contributed by atoms with E-state index in [1.165, 1.54) is 59.0 Å². The van der Waals surface area contributed by atoms with E-state index in [-0.39, 0.29) is 10.8 Å². The van der Waals surface area contributed by atoms with Crippen LogP contribution in [0.4, 0.5) is 0 Å². The average Bonchev–Trinajstić information content (AvgIpc) is 2.78. The normalized spacial score (nSPS) is 13.9. The Morgan fingerprint density at radius 3 is 2.33 bits per heavy atom. The Balaban J connectivity index is 1.73. The van der Waals surface area contributed by atoms with E-state index in [0.717, 1.165) is 23.9 Å². The molecule has 0 spiro atoms. The van der Waals surface area contributed by atoms with Crippen LogP contribution < -0.4 is 0 Å². The van der Waals surface area contributed by atoms with E-state index in [9.17, 15) is 0 Å². The van der Waals surface area contributed by atoms with Gasteiger partial charge in [-0.15, -0.1) is 0 Å². The molecule has 36 heavy (non-hydrogen) atoms. The summed E-state index contributed by atoms with van der Waals surface area (Å²) in [5.41, 5.74) is 6.54. The number of hydrogen-bond acceptors (Lipinski definition) is 2. The second-order valence-electron chi connectivity index (χ2n) is 12.9. The average molecular weight is 491 g/mol. The number of fused-ring (bicyclic) bond motifs is 5. The summed E-state index contributed by atoms with van der Waals surface area (Å²) in [4.78, 5) is 7.46. The van der Waals surface area contributed by atoms with E-state index < -0.39 is 0 Å². The fraction of sp³-hybridized carbons (Fsp3) is 0.324. The van der Waals surface area contributed by atoms with Gasteiger partial charge in [0.15, 0.2) is 0 Å². The minimum absolute atomic E-state index is 0.150. The molecule has 1 aromatic heterocycles. The molecule has 0 fully saturated rings. The van der Waals surface area contributed by atoms with Gasteiger partial charge >= 0.3 is 0 Å². The lowest BCUT2D eigenvalue weighted by molar-refractivity contribution is 0.410. The molecule has 0 N–H and O–H groups in total. The van der Waals surface area contributed by atoms with Gasteiger partial charge in [0.2, 0.25) is 0 Å². The zero-order chi connectivity index (χ0) is 26.3. The lowest BCUT2D eigenvalue weighted by Gasteiger charge is -2.28. The number of aryl methyl sites for hydroxylation is 1. The molecule has 0 radical (unpaired) electrons. The fourth-order valence-electron chi connectivity index (χ4n) is 5.79. The third-order valence-corrected chi connectivity index (χ3v) is 8.36. The third kappa shape index (κ3) is 4.00. The van der Waals surface area contributed by atoms with Gasteiger partial charge in [-0.2, -0.15) is 0 Å². The van der Waals surface area contributed by atoms with Crippen LogP contribution in [0.25, 0.3) is 43.6 Å². The summed E-state index contributed by atoms with van der Waals surface area (Å²) >= 11 is 1.91. The van der Waals surface area contributed by atoms with Gasteiger partial charge in [0.1, 0.15) is 0 Å². The first kappa shape index (κ1) is 22.4. The summed E-state index contributed by atoms with van der Waals surface area (Å²) in [5.74, 6) is 0. The zero-order valence-electron chi connectivity index (χ0n) is 23.5. The highest BCUT2D eigenvalue weighted by Crippen LogP contribution is 2.52. The van der Waals surface area contributed by atoms with Crippen molar-refractivity contribution in [3.63, 3.8) is 0 Å². The highest BCUT2D eigenvalue weighted by atomic mass is 32.2. The molecule has 5 aromatic rings. The van der Waals surface area contributed by atoms with E-state index in [4.69, 9.17) is 6.35 Å². The van der Waals surface area contributed by atoms with Crippen LogP contribution in [-0.2, 0) is 12.8 Å². The lowest BCUT2D eigenvalue weighted by atomic mass is 9.84. The monoisotopic (exact) mass is 490 g/mol. The predicted octanol–water partition coefficient (Wildman–Crippen LogP) is 10.2. The van der Waals surface area contributed by atoms with Gasteiger partial charge in [-0.25, -0.2) is 0 Å². The van der Waals surface area contributed by atoms with Crippen molar-refractivity contribution >= 4 is 44.1 Å². The number of pyridine rings is 1. The molecule has 1 nitrogen and oxygen atoms in total. The van der Waals surface area contributed by atoms with E-state index in [1.807, 2.05) is 17.8 Å². The van der Waals surface area contributed by atoms with Crippen LogP contribution in [0.1, 0.15) is 59.6 Å². The third-order valence-electron chi connectivity index (χ3n) is 7.15. The Hall–Kier alpha value is -2.84. The zero-order valence-corrected chi connectivity index (χ0v) is 23.3. The summed E-state index contributed by atoms with van der Waals surface area (Å²) in [6.07, 6.45) is 2.34. The Morgan fingerprint density at radius 2 is 1.58 bits per heavy atom. The Bertz CT molecular complexity index is 1730. The maximum absolute atomic E-state index is 8.71. The Kier molecular flexibility index (Phi) is 5.02. The van der Waals surface area contributed by atoms with Crippen molar-refractivity contribution in [1.29, 1.82) is 0 Å². The molecule has 0 bridgehead atoms. The first-order valence-electron chi connectivity index (χ1n) is 13.5. The number of hydrogen-bond donors (Lipinski definition) is 0. The molecule has 2 heterocycles. The smallest absolute Gasteiger partial charge is 0.0840 e. The maximum Gasteiger partial charge on any atom is 0.0840 e. The van der Waals surface area contributed by atoms with Crippen LogP contribution in [0.3, 0.4) is 0 Å². The number of rotatable bonds is 2. The Labute approximate surface area is 220 Å². The fourth-order valence-corrected chi connectivity index (χ4v) is 7.07. The summed E-state index contributed by atoms with van der Waals surface area (Å²) in [6, 6.07) is 20.2. The van der Waals surface area contributed by atoms with Gasteiger partial charge in [0, 0.05) is 26.9 Å². The SMILES string of the molecule is [2H]c1cc2c3c(cc4c(CC(C)(C)C)cccc42)Sc2c(cc4cc(C)ccc4c2CC(C)(C)C)-c3n1. The summed E-state index contributed by atoms with van der Waals surface area (Å²) in [7, 11) is 0. The predicted molar refractivity (Wildman–Crippen MR) is 157 cm³/mol. The number of benzene rings is 4. The van der Waals surface area contributed by atoms with E-state index >= 15 is 0 Å². The lowest BCUT2D eigenvalue weighted by Crippen LogP contribution is -2.12. The number of aromatic nitrogens is 1. The second kappa shape index (κ2) is 8.08. The molecule has 1 aliphatic rings. The first-order valence-corrected chi connectivity index (χ1v) is 13.8. The highest BCUT2D eigenvalue weighted by molar-refractivity contribution is 8.00. The van der Waals surface area contributed by atoms with Gasteiger partial charge in [-0.3, -0.25) is 4.98 Å². The summed E-state index contributed by atoms with van der Waals surface area (Å²) < 4.78 is 8.71. The van der Waals surface area contributed by atoms with Crippen LogP contribution in [0.5, 0.6) is 0 Å². The van der Waals surface area contributed by atoms with Crippen molar-refractivity contribution in [2.75, 3.05) is 0 Å². The van der Waals surface area contributed by atoms with Crippen LogP contribution >= 0.6 is 11.8 Å². The van der Waals surface area contributed by atoms with Crippen LogP contribution in [0.2, 0.25) is 0 Å². The van der Waals surface area contributed by atoms with E-state index in [2.05, 4.69) is 97.0 Å². The molecule has 182 valence electrons. The van der Waals surface area contributed by atoms with Gasteiger partial charge in [0.25, 0.3) is 0 Å². The molecule has 1 aliphatic heterocycles. The van der Waals surface area contributed by atoms with Crippen molar-refractivity contribution in [2.45, 2.75) is 71.1 Å². The Morgan fingerprint density at radius 1 is 0.806 bits per heavy atom. The molecule has 0 unspecified atom stereocenters. The van der Waals surface area contributed by atoms with Gasteiger partial charge < -0.3 is 0 Å². The summed E-state index contributed by atoms with van der Waals surface area (Å²) in [6.45, 7) is 16.0. The number of nitrogens with zero attached hydrogens (tertiary/aromatic N) is 1. The standard InChI is InChI=1S/C34H35NS/c1-20-11-12-23-22(15-20)16-27-31-30-25(13-14-35-31)24-10-8-9-21(18-33(2,3)4)26(24)17-29(30)36-32(27)28(23)19-34(5,6)7/h8-17H,18-19H2,1-7H3/i14D. The molecule has 0 aliphatic carbocycles. The minimum atomic E-state index is 0.150. The molecule has 0 saturated heterocycles. The van der Waals surface area contributed by atoms with Crippen LogP contribution in [-0.4, -0.2) is 4.98 Å². The molecule has 0 saturated carbocycles. The highest BCUT2D eigenvalue weighted by Gasteiger charge is 2.28. The topological polar surface area (TPSA) is 12.9 Å². The van der Waals surface area contributed by atoms with Crippen LogP contribution in [0, 0.1) is 17.8 Å². The second-order valence-corrected chi connectivity index (χ2v) is 14.0. The molecule has 0 atom stereocenters. The molecule has 4 aromatic carbocycles. The van der Waals surface area contributed by atoms with E-state index in [0.29, 0.717) is 6.17 Å². The van der Waals surface area contributed by atoms with Gasteiger partial charge in [-0.1, -0.05) is 95.3 Å². The molecule has 0 amide bonds.